The van der Waals surface area contributed by atoms with Gasteiger partial charge < -0.3 is 20.3 Å². The van der Waals surface area contributed by atoms with Gasteiger partial charge in [0.2, 0.25) is 0 Å². The molecule has 24 heavy (non-hydrogen) atoms. The third-order valence-electron chi connectivity index (χ3n) is 3.40. The molecule has 2 rings (SSSR count). The highest BCUT2D eigenvalue weighted by Gasteiger charge is 2.25. The summed E-state index contributed by atoms with van der Waals surface area (Å²) in [5.41, 5.74) is 1.31. The molecular weight excluding hydrogens is 310 g/mol. The van der Waals surface area contributed by atoms with E-state index in [9.17, 15) is 14.7 Å². The first kappa shape index (κ1) is 17.5. The molecule has 0 aliphatic heterocycles. The quantitative estimate of drug-likeness (QED) is 0.720. The number of hydrogen-bond acceptors (Lipinski definition) is 4. The van der Waals surface area contributed by atoms with Crippen molar-refractivity contribution in [2.75, 3.05) is 0 Å². The van der Waals surface area contributed by atoms with Gasteiger partial charge in [-0.1, -0.05) is 30.3 Å². The zero-order chi connectivity index (χ0) is 17.5. The number of benzene rings is 2. The second-order valence-corrected chi connectivity index (χ2v) is 5.33. The van der Waals surface area contributed by atoms with E-state index >= 15 is 0 Å². The van der Waals surface area contributed by atoms with E-state index in [0.717, 1.165) is 5.56 Å². The third kappa shape index (κ3) is 4.82. The summed E-state index contributed by atoms with van der Waals surface area (Å²) in [5.74, 6) is -1.26. The zero-order valence-corrected chi connectivity index (χ0v) is 13.2. The summed E-state index contributed by atoms with van der Waals surface area (Å²) in [6.45, 7) is 1.72. The van der Waals surface area contributed by atoms with E-state index in [1.165, 1.54) is 19.1 Å². The van der Waals surface area contributed by atoms with Crippen LogP contribution in [0.2, 0.25) is 0 Å². The van der Waals surface area contributed by atoms with E-state index < -0.39 is 24.0 Å². The van der Waals surface area contributed by atoms with Gasteiger partial charge in [-0.2, -0.15) is 0 Å². The number of rotatable bonds is 7. The Balaban J connectivity index is 1.95. The van der Waals surface area contributed by atoms with E-state index in [1.54, 1.807) is 12.1 Å². The predicted octanol–water partition coefficient (Wildman–Crippen LogP) is 1.83. The number of aliphatic hydroxyl groups is 1. The topological polar surface area (TPSA) is 95.9 Å². The minimum absolute atomic E-state index is 0.286. The Kier molecular flexibility index (Phi) is 5.92. The van der Waals surface area contributed by atoms with E-state index in [4.69, 9.17) is 9.84 Å². The minimum Gasteiger partial charge on any atom is -0.489 e. The molecule has 126 valence electrons. The zero-order valence-electron chi connectivity index (χ0n) is 13.2. The van der Waals surface area contributed by atoms with Crippen molar-refractivity contribution in [2.45, 2.75) is 25.7 Å². The maximum Gasteiger partial charge on any atom is 0.328 e. The number of aliphatic hydroxyl groups excluding tert-OH is 1. The first-order valence-corrected chi connectivity index (χ1v) is 7.46. The highest BCUT2D eigenvalue weighted by molar-refractivity contribution is 5.96. The second-order valence-electron chi connectivity index (χ2n) is 5.33. The van der Waals surface area contributed by atoms with E-state index in [2.05, 4.69) is 5.32 Å². The van der Waals surface area contributed by atoms with Crippen molar-refractivity contribution in [2.24, 2.45) is 0 Å². The van der Waals surface area contributed by atoms with Gasteiger partial charge >= 0.3 is 5.97 Å². The van der Waals surface area contributed by atoms with Crippen molar-refractivity contribution in [3.8, 4) is 5.75 Å². The highest BCUT2D eigenvalue weighted by atomic mass is 16.5. The minimum atomic E-state index is -1.36. The van der Waals surface area contributed by atoms with Gasteiger partial charge in [-0.05, 0) is 36.8 Å². The monoisotopic (exact) mass is 329 g/mol. The first-order valence-electron chi connectivity index (χ1n) is 7.46. The molecule has 6 heteroatoms. The van der Waals surface area contributed by atoms with Gasteiger partial charge in [-0.3, -0.25) is 4.79 Å². The molecule has 0 radical (unpaired) electrons. The number of amides is 1. The lowest BCUT2D eigenvalue weighted by Crippen LogP contribution is -2.47. The van der Waals surface area contributed by atoms with Crippen LogP contribution >= 0.6 is 0 Å². The van der Waals surface area contributed by atoms with Gasteiger partial charge in [0.25, 0.3) is 5.91 Å². The fourth-order valence-corrected chi connectivity index (χ4v) is 2.06. The predicted molar refractivity (Wildman–Crippen MR) is 87.8 cm³/mol. The molecule has 1 amide bonds. The molecule has 2 unspecified atom stereocenters. The molecular formula is C18H19NO5. The lowest BCUT2D eigenvalue weighted by Gasteiger charge is -2.17. The smallest absolute Gasteiger partial charge is 0.328 e. The third-order valence-corrected chi connectivity index (χ3v) is 3.40. The molecule has 3 N–H and O–H groups in total. The van der Waals surface area contributed by atoms with Crippen LogP contribution in [-0.2, 0) is 11.4 Å². The van der Waals surface area contributed by atoms with Crippen molar-refractivity contribution in [3.05, 3.63) is 65.7 Å². The van der Waals surface area contributed by atoms with E-state index in [-0.39, 0.29) is 5.56 Å². The van der Waals surface area contributed by atoms with Crippen molar-refractivity contribution < 1.29 is 24.5 Å². The maximum absolute atomic E-state index is 12.0. The van der Waals surface area contributed by atoms with Gasteiger partial charge in [-0.15, -0.1) is 0 Å². The van der Waals surface area contributed by atoms with Gasteiger partial charge in [0.15, 0.2) is 6.04 Å². The lowest BCUT2D eigenvalue weighted by molar-refractivity contribution is -0.141. The van der Waals surface area contributed by atoms with Crippen LogP contribution in [0.4, 0.5) is 0 Å². The maximum atomic E-state index is 12.0. The summed E-state index contributed by atoms with van der Waals surface area (Å²) in [7, 11) is 0. The number of carbonyl (C=O) groups is 2. The van der Waals surface area contributed by atoms with E-state index in [0.29, 0.717) is 12.4 Å². The van der Waals surface area contributed by atoms with Gasteiger partial charge in [0.05, 0.1) is 6.10 Å². The Morgan fingerprint density at radius 2 is 1.71 bits per heavy atom. The van der Waals surface area contributed by atoms with Crippen LogP contribution < -0.4 is 10.1 Å². The number of hydrogen-bond donors (Lipinski definition) is 3. The molecule has 0 aliphatic rings. The van der Waals surface area contributed by atoms with Gasteiger partial charge in [0, 0.05) is 5.56 Å². The van der Waals surface area contributed by atoms with Crippen LogP contribution in [0.3, 0.4) is 0 Å². The molecule has 0 fully saturated rings. The SMILES string of the molecule is CC(O)C(NC(=O)c1ccc(OCc2ccccc2)cc1)C(=O)O. The molecule has 0 saturated carbocycles. The van der Waals surface area contributed by atoms with Crippen LogP contribution in [0.15, 0.2) is 54.6 Å². The van der Waals surface area contributed by atoms with Crippen molar-refractivity contribution >= 4 is 11.9 Å². The molecule has 0 bridgehead atoms. The number of carboxylic acid groups (broad SMARTS) is 1. The summed E-state index contributed by atoms with van der Waals surface area (Å²) in [6, 6.07) is 14.7. The van der Waals surface area contributed by atoms with Crippen LogP contribution in [0, 0.1) is 0 Å². The summed E-state index contributed by atoms with van der Waals surface area (Å²) >= 11 is 0. The molecule has 0 heterocycles. The Morgan fingerprint density at radius 1 is 1.08 bits per heavy atom. The number of ether oxygens (including phenoxy) is 1. The average molecular weight is 329 g/mol. The van der Waals surface area contributed by atoms with Gasteiger partial charge in [-0.25, -0.2) is 4.79 Å². The summed E-state index contributed by atoms with van der Waals surface area (Å²) < 4.78 is 5.62. The number of aliphatic carboxylic acids is 1. The Bertz CT molecular complexity index is 682. The van der Waals surface area contributed by atoms with Crippen molar-refractivity contribution in [1.82, 2.24) is 5.32 Å². The number of nitrogens with one attached hydrogen (secondary N) is 1. The molecule has 0 aliphatic carbocycles. The average Bonchev–Trinajstić information content (AvgIpc) is 2.58. The Morgan fingerprint density at radius 3 is 2.25 bits per heavy atom. The standard InChI is InChI=1S/C18H19NO5/c1-12(20)16(18(22)23)19-17(21)14-7-9-15(10-8-14)24-11-13-5-3-2-4-6-13/h2-10,12,16,20H,11H2,1H3,(H,19,21)(H,22,23). The van der Waals surface area contributed by atoms with E-state index in [1.807, 2.05) is 30.3 Å². The molecule has 0 saturated heterocycles. The molecule has 2 aromatic rings. The molecule has 2 aromatic carbocycles. The van der Waals surface area contributed by atoms with Crippen LogP contribution in [0.25, 0.3) is 0 Å². The molecule has 0 spiro atoms. The fourth-order valence-electron chi connectivity index (χ4n) is 2.06. The van der Waals surface area contributed by atoms with Crippen LogP contribution in [0.5, 0.6) is 5.75 Å². The Labute approximate surface area is 139 Å². The normalized spacial score (nSPS) is 12.9. The number of carboxylic acids is 1. The summed E-state index contributed by atoms with van der Waals surface area (Å²) in [5, 5.41) is 20.6. The second kappa shape index (κ2) is 8.12. The molecule has 0 aromatic heterocycles. The summed E-state index contributed by atoms with van der Waals surface area (Å²) in [4.78, 5) is 23.0. The first-order chi connectivity index (χ1) is 11.5. The van der Waals surface area contributed by atoms with Crippen LogP contribution in [-0.4, -0.2) is 34.2 Å². The van der Waals surface area contributed by atoms with Crippen molar-refractivity contribution in [1.29, 1.82) is 0 Å². The lowest BCUT2D eigenvalue weighted by atomic mass is 10.1. The fraction of sp³-hybridized carbons (Fsp3) is 0.222. The molecule has 2 atom stereocenters. The summed E-state index contributed by atoms with van der Waals surface area (Å²) in [6.07, 6.45) is -1.19. The largest absolute Gasteiger partial charge is 0.489 e. The number of carbonyl (C=O) groups excluding carboxylic acids is 1. The van der Waals surface area contributed by atoms with Crippen molar-refractivity contribution in [3.63, 3.8) is 0 Å². The van der Waals surface area contributed by atoms with Crippen LogP contribution in [0.1, 0.15) is 22.8 Å². The Hall–Kier alpha value is -2.86. The van der Waals surface area contributed by atoms with Gasteiger partial charge in [0.1, 0.15) is 12.4 Å². The molecule has 6 nitrogen and oxygen atoms in total. The highest BCUT2D eigenvalue weighted by Crippen LogP contribution is 2.14.